The normalized spacial score (nSPS) is 12.1. The van der Waals surface area contributed by atoms with Crippen molar-refractivity contribution >= 4 is 6.48 Å². The van der Waals surface area contributed by atoms with Gasteiger partial charge >= 0.3 is 269 Å². The molecule has 0 heterocycles. The summed E-state index contributed by atoms with van der Waals surface area (Å²) in [5, 5.41) is 0. The fraction of sp³-hybridized carbons (Fsp3) is 0.0465. The molecular formula is C43H32Cl2Zr. The molecule has 0 saturated carbocycles. The Morgan fingerprint density at radius 1 is 0.478 bits per heavy atom. The van der Waals surface area contributed by atoms with E-state index in [4.69, 9.17) is 0 Å². The number of hydrogen-bond acceptors (Lipinski definition) is 0. The predicted octanol–water partition coefficient (Wildman–Crippen LogP) is 3.96. The van der Waals surface area contributed by atoms with Gasteiger partial charge < -0.3 is 24.8 Å². The molecule has 0 spiro atoms. The standard InChI is InChI=1S/C25H18.C13H9.C5H5.2ClH.Zr/c1-3-7-22(8-4-1)24-15-11-20(12-16-24)19-21-13-17-25(18-14-21)23-9-5-2-6-10-23;1-3-7-12-10(5-1)9-11-6-2-4-8-13(11)12;1-2-4-5-3-1;;;/h1-18H;1-5,7-8H,9H2;1-3H,4H2;2*1H;/q;;;;;+2/p-2. The molecule has 0 atom stereocenters. The predicted molar refractivity (Wildman–Crippen MR) is 183 cm³/mol. The van der Waals surface area contributed by atoms with Crippen LogP contribution in [0.4, 0.5) is 0 Å². The fourth-order valence-corrected chi connectivity index (χ4v) is 14.8. The van der Waals surface area contributed by atoms with Gasteiger partial charge in [0.25, 0.3) is 0 Å². The molecule has 46 heavy (non-hydrogen) atoms. The molecule has 0 saturated heterocycles. The van der Waals surface area contributed by atoms with E-state index in [0.29, 0.717) is 0 Å². The molecule has 0 N–H and O–H groups in total. The van der Waals surface area contributed by atoms with Crippen LogP contribution in [0.25, 0.3) is 33.4 Å². The number of benzene rings is 6. The molecule has 0 aliphatic heterocycles. The summed E-state index contributed by atoms with van der Waals surface area (Å²) >= 11 is -2.68. The van der Waals surface area contributed by atoms with E-state index >= 15 is 0 Å². The topological polar surface area (TPSA) is 0 Å². The molecule has 0 amide bonds. The van der Waals surface area contributed by atoms with E-state index in [0.717, 1.165) is 12.8 Å². The Morgan fingerprint density at radius 3 is 1.57 bits per heavy atom. The van der Waals surface area contributed by atoms with Gasteiger partial charge in [-0.1, -0.05) is 0 Å². The van der Waals surface area contributed by atoms with Crippen LogP contribution in [0.5, 0.6) is 0 Å². The van der Waals surface area contributed by atoms with Crippen molar-refractivity contribution in [3.05, 3.63) is 195 Å². The molecule has 8 rings (SSSR count). The van der Waals surface area contributed by atoms with Crippen molar-refractivity contribution in [3.8, 4) is 33.4 Å². The Kier molecular flexibility index (Phi) is 9.96. The van der Waals surface area contributed by atoms with Gasteiger partial charge in [0.15, 0.2) is 0 Å². The minimum atomic E-state index is -2.68. The first-order valence-corrected chi connectivity index (χ1v) is 19.1. The van der Waals surface area contributed by atoms with Crippen molar-refractivity contribution in [3.63, 3.8) is 0 Å². The SMILES string of the molecule is C1=CC[C]([Zr+2](=[C](c2ccc(-c3ccccc3)cc2)c2ccc(-c3ccccc3)cc2)[c]2cccc3c2Cc2ccccc2-3)=C1.[Cl-].[Cl-]. The van der Waals surface area contributed by atoms with Gasteiger partial charge in [0.2, 0.25) is 0 Å². The van der Waals surface area contributed by atoms with Crippen molar-refractivity contribution in [2.75, 3.05) is 0 Å². The van der Waals surface area contributed by atoms with Crippen LogP contribution in [0.3, 0.4) is 0 Å². The average Bonchev–Trinajstić information content (AvgIpc) is 3.77. The van der Waals surface area contributed by atoms with E-state index in [-0.39, 0.29) is 24.8 Å². The molecule has 0 bridgehead atoms. The molecule has 6 aromatic rings. The maximum absolute atomic E-state index is 2.68. The third-order valence-electron chi connectivity index (χ3n) is 9.02. The summed E-state index contributed by atoms with van der Waals surface area (Å²) < 4.78 is 4.82. The molecule has 0 aromatic heterocycles. The van der Waals surface area contributed by atoms with Crippen molar-refractivity contribution in [2.45, 2.75) is 12.8 Å². The summed E-state index contributed by atoms with van der Waals surface area (Å²) in [5.74, 6) is 0. The van der Waals surface area contributed by atoms with Crippen molar-refractivity contribution < 1.29 is 46.1 Å². The van der Waals surface area contributed by atoms with Gasteiger partial charge in [-0.15, -0.1) is 0 Å². The van der Waals surface area contributed by atoms with Crippen LogP contribution in [0.2, 0.25) is 0 Å². The molecule has 0 radical (unpaired) electrons. The minimum Gasteiger partial charge on any atom is -1.00 e. The molecule has 2 aliphatic carbocycles. The fourth-order valence-electron chi connectivity index (χ4n) is 6.87. The zero-order chi connectivity index (χ0) is 29.3. The van der Waals surface area contributed by atoms with E-state index in [1.165, 1.54) is 50.1 Å². The zero-order valence-corrected chi connectivity index (χ0v) is 29.3. The number of allylic oxidation sites excluding steroid dienone is 4. The van der Waals surface area contributed by atoms with Crippen LogP contribution in [-0.4, -0.2) is 3.21 Å². The third kappa shape index (κ3) is 6.13. The summed E-state index contributed by atoms with van der Waals surface area (Å²) in [4.78, 5) is 0. The first-order valence-electron chi connectivity index (χ1n) is 15.5. The average molecular weight is 711 g/mol. The molecule has 3 heteroatoms. The van der Waals surface area contributed by atoms with Crippen LogP contribution >= 0.6 is 0 Å². The molecule has 222 valence electrons. The summed E-state index contributed by atoms with van der Waals surface area (Å²) in [7, 11) is 0. The number of hydrogen-bond donors (Lipinski definition) is 0. The Bertz CT molecular complexity index is 1990. The van der Waals surface area contributed by atoms with E-state index < -0.39 is 21.3 Å². The summed E-state index contributed by atoms with van der Waals surface area (Å²) in [6.07, 6.45) is 9.15. The number of rotatable bonds is 6. The van der Waals surface area contributed by atoms with Crippen LogP contribution in [-0.2, 0) is 27.7 Å². The van der Waals surface area contributed by atoms with Crippen molar-refractivity contribution in [1.82, 2.24) is 0 Å². The first-order chi connectivity index (χ1) is 21.8. The van der Waals surface area contributed by atoms with Crippen molar-refractivity contribution in [2.24, 2.45) is 0 Å². The Labute approximate surface area is 292 Å². The first kappa shape index (κ1) is 32.1. The summed E-state index contributed by atoms with van der Waals surface area (Å²) in [6.45, 7) is 0. The van der Waals surface area contributed by atoms with E-state index in [1.807, 2.05) is 0 Å². The second-order valence-corrected chi connectivity index (χ2v) is 17.6. The van der Waals surface area contributed by atoms with E-state index in [9.17, 15) is 0 Å². The van der Waals surface area contributed by atoms with Gasteiger partial charge in [-0.05, 0) is 0 Å². The Morgan fingerprint density at radius 2 is 1.00 bits per heavy atom. The van der Waals surface area contributed by atoms with E-state index in [2.05, 4.69) is 170 Å². The van der Waals surface area contributed by atoms with Gasteiger partial charge in [-0.2, -0.15) is 0 Å². The number of fused-ring (bicyclic) bond motifs is 3. The van der Waals surface area contributed by atoms with Crippen LogP contribution < -0.4 is 28.1 Å². The second-order valence-electron chi connectivity index (χ2n) is 11.6. The van der Waals surface area contributed by atoms with Crippen LogP contribution in [0.1, 0.15) is 28.7 Å². The molecule has 0 nitrogen and oxygen atoms in total. The summed E-state index contributed by atoms with van der Waals surface area (Å²) in [5.41, 5.74) is 13.6. The van der Waals surface area contributed by atoms with E-state index in [1.54, 1.807) is 15.3 Å². The quantitative estimate of drug-likeness (QED) is 0.246. The van der Waals surface area contributed by atoms with Crippen molar-refractivity contribution in [1.29, 1.82) is 0 Å². The molecule has 2 aliphatic rings. The van der Waals surface area contributed by atoms with Crippen LogP contribution in [0.15, 0.2) is 173 Å². The van der Waals surface area contributed by atoms with Gasteiger partial charge in [0, 0.05) is 0 Å². The van der Waals surface area contributed by atoms with Gasteiger partial charge in [0.05, 0.1) is 0 Å². The second kappa shape index (κ2) is 14.3. The van der Waals surface area contributed by atoms with Gasteiger partial charge in [0.1, 0.15) is 0 Å². The largest absolute Gasteiger partial charge is 1.00 e. The molecule has 0 fully saturated rings. The summed E-state index contributed by atoms with van der Waals surface area (Å²) in [6, 6.07) is 56.3. The maximum Gasteiger partial charge on any atom is -1.00 e. The van der Waals surface area contributed by atoms with Gasteiger partial charge in [-0.25, -0.2) is 0 Å². The molecule has 0 unspecified atom stereocenters. The maximum atomic E-state index is 2.47. The molecule has 6 aromatic carbocycles. The smallest absolute Gasteiger partial charge is 1.00 e. The zero-order valence-electron chi connectivity index (χ0n) is 25.3. The Balaban J connectivity index is 0.00000186. The monoisotopic (exact) mass is 708 g/mol. The number of halogens is 2. The van der Waals surface area contributed by atoms with Crippen LogP contribution in [0, 0.1) is 0 Å². The third-order valence-corrected chi connectivity index (χ3v) is 16.6. The Hall–Kier alpha value is -3.87. The minimum absolute atomic E-state index is 0. The molecular weight excluding hydrogens is 679 g/mol. The van der Waals surface area contributed by atoms with Gasteiger partial charge in [-0.3, -0.25) is 0 Å².